The molecule has 2 N–H and O–H groups in total. The summed E-state index contributed by atoms with van der Waals surface area (Å²) in [5, 5.41) is 6.40. The molecule has 0 aromatic heterocycles. The van der Waals surface area contributed by atoms with E-state index in [2.05, 4.69) is 21.7 Å². The molecule has 10 heteroatoms. The molecule has 1 aliphatic heterocycles. The van der Waals surface area contributed by atoms with Crippen LogP contribution in [-0.2, 0) is 10.0 Å². The van der Waals surface area contributed by atoms with Crippen LogP contribution in [0.1, 0.15) is 24.1 Å². The lowest BCUT2D eigenvalue weighted by atomic mass is 10.0. The number of nitrogens with zero attached hydrogens (tertiary/aromatic N) is 2. The minimum atomic E-state index is -3.23. The molecule has 28 heavy (non-hydrogen) atoms. The first-order valence-electron chi connectivity index (χ1n) is 9.04. The molecule has 0 amide bonds. The van der Waals surface area contributed by atoms with E-state index in [9.17, 15) is 8.42 Å². The van der Waals surface area contributed by atoms with E-state index in [-0.39, 0.29) is 35.8 Å². The van der Waals surface area contributed by atoms with Crippen molar-refractivity contribution in [1.82, 2.24) is 14.9 Å². The molecule has 2 rings (SSSR count). The van der Waals surface area contributed by atoms with E-state index >= 15 is 0 Å². The van der Waals surface area contributed by atoms with Crippen molar-refractivity contribution >= 4 is 51.7 Å². The van der Waals surface area contributed by atoms with E-state index in [1.807, 2.05) is 26.0 Å². The number of nitrogens with one attached hydrogen (secondary N) is 2. The lowest BCUT2D eigenvalue weighted by Crippen LogP contribution is -2.44. The van der Waals surface area contributed by atoms with E-state index in [0.717, 1.165) is 28.4 Å². The van der Waals surface area contributed by atoms with Gasteiger partial charge in [0.15, 0.2) is 5.96 Å². The van der Waals surface area contributed by atoms with Gasteiger partial charge in [-0.05, 0) is 19.9 Å². The minimum absolute atomic E-state index is 0. The molecule has 7 nitrogen and oxygen atoms in total. The Labute approximate surface area is 190 Å². The van der Waals surface area contributed by atoms with Gasteiger partial charge in [0.05, 0.1) is 18.9 Å². The number of rotatable bonds is 7. The van der Waals surface area contributed by atoms with Gasteiger partial charge < -0.3 is 15.4 Å². The molecule has 1 heterocycles. The third kappa shape index (κ3) is 7.27. The monoisotopic (exact) mass is 542 g/mol. The van der Waals surface area contributed by atoms with E-state index in [0.29, 0.717) is 25.6 Å². The number of hydrogen-bond acceptors (Lipinski definition) is 5. The fraction of sp³-hybridized carbons (Fsp3) is 0.611. The van der Waals surface area contributed by atoms with Gasteiger partial charge in [-0.1, -0.05) is 17.7 Å². The molecule has 0 saturated carbocycles. The lowest BCUT2D eigenvalue weighted by molar-refractivity contribution is 0.405. The number of methoxy groups -OCH3 is 1. The predicted molar refractivity (Wildman–Crippen MR) is 129 cm³/mol. The van der Waals surface area contributed by atoms with Gasteiger partial charge in [0.2, 0.25) is 10.0 Å². The van der Waals surface area contributed by atoms with Gasteiger partial charge in [-0.15, -0.1) is 24.0 Å². The summed E-state index contributed by atoms with van der Waals surface area (Å²) < 4.78 is 31.9. The quantitative estimate of drug-likeness (QED) is 0.313. The fourth-order valence-electron chi connectivity index (χ4n) is 2.92. The smallest absolute Gasteiger partial charge is 0.215 e. The molecule has 1 saturated heterocycles. The highest BCUT2D eigenvalue weighted by Gasteiger charge is 2.23. The van der Waals surface area contributed by atoms with Crippen LogP contribution in [0, 0.1) is 6.92 Å². The number of aryl methyl sites for hydroxylation is 1. The lowest BCUT2D eigenvalue weighted by Gasteiger charge is -2.26. The van der Waals surface area contributed by atoms with Crippen LogP contribution in [0.5, 0.6) is 5.75 Å². The summed E-state index contributed by atoms with van der Waals surface area (Å²) in [6.45, 7) is 5.57. The van der Waals surface area contributed by atoms with Crippen molar-refractivity contribution in [3.63, 3.8) is 0 Å². The SMILES string of the molecule is CN=C(NCCS(=O)(=O)N1CCSCC1)NC(C)c1cc(C)ccc1OC.I. The maximum absolute atomic E-state index is 12.4. The number of halogens is 1. The van der Waals surface area contributed by atoms with Crippen molar-refractivity contribution in [3.8, 4) is 5.75 Å². The van der Waals surface area contributed by atoms with Crippen molar-refractivity contribution in [2.75, 3.05) is 51.1 Å². The summed E-state index contributed by atoms with van der Waals surface area (Å²) in [7, 11) is 0.0938. The second-order valence-corrected chi connectivity index (χ2v) is 9.75. The Balaban J connectivity index is 0.00000392. The standard InChI is InChI=1S/C18H30N4O3S2.HI/c1-14-5-6-17(25-4)16(13-14)15(2)21-18(19-3)20-7-12-27(23,24)22-8-10-26-11-9-22;/h5-6,13,15H,7-12H2,1-4H3,(H2,19,20,21);1H. The predicted octanol–water partition coefficient (Wildman–Crippen LogP) is 2.23. The first-order chi connectivity index (χ1) is 12.9. The summed E-state index contributed by atoms with van der Waals surface area (Å²) in [4.78, 5) is 4.21. The van der Waals surface area contributed by atoms with Crippen molar-refractivity contribution in [2.45, 2.75) is 19.9 Å². The third-order valence-corrected chi connectivity index (χ3v) is 7.26. The summed E-state index contributed by atoms with van der Waals surface area (Å²) in [5.74, 6) is 3.16. The highest BCUT2D eigenvalue weighted by Crippen LogP contribution is 2.25. The Morgan fingerprint density at radius 2 is 2.04 bits per heavy atom. The molecule has 0 bridgehead atoms. The maximum atomic E-state index is 12.4. The zero-order chi connectivity index (χ0) is 19.9. The van der Waals surface area contributed by atoms with E-state index < -0.39 is 10.0 Å². The van der Waals surface area contributed by atoms with Crippen molar-refractivity contribution in [3.05, 3.63) is 29.3 Å². The molecule has 1 aliphatic rings. The Bertz CT molecular complexity index is 753. The first kappa shape index (κ1) is 25.3. The normalized spacial score (nSPS) is 16.8. The van der Waals surface area contributed by atoms with Crippen LogP contribution in [-0.4, -0.2) is 69.7 Å². The van der Waals surface area contributed by atoms with Gasteiger partial charge >= 0.3 is 0 Å². The number of benzene rings is 1. The highest BCUT2D eigenvalue weighted by molar-refractivity contribution is 14.0. The van der Waals surface area contributed by atoms with Crippen LogP contribution < -0.4 is 15.4 Å². The molecular weight excluding hydrogens is 511 g/mol. The van der Waals surface area contributed by atoms with Crippen molar-refractivity contribution in [1.29, 1.82) is 0 Å². The van der Waals surface area contributed by atoms with Crippen LogP contribution in [0.15, 0.2) is 23.2 Å². The van der Waals surface area contributed by atoms with Gasteiger partial charge in [0.25, 0.3) is 0 Å². The first-order valence-corrected chi connectivity index (χ1v) is 11.8. The molecule has 1 aromatic carbocycles. The minimum Gasteiger partial charge on any atom is -0.496 e. The van der Waals surface area contributed by atoms with Gasteiger partial charge in [0.1, 0.15) is 5.75 Å². The number of sulfonamides is 1. The van der Waals surface area contributed by atoms with Crippen LogP contribution >= 0.6 is 35.7 Å². The van der Waals surface area contributed by atoms with Crippen LogP contribution in [0.25, 0.3) is 0 Å². The molecule has 0 radical (unpaired) electrons. The molecule has 0 spiro atoms. The van der Waals surface area contributed by atoms with Gasteiger partial charge in [-0.3, -0.25) is 4.99 Å². The molecule has 160 valence electrons. The molecule has 0 aliphatic carbocycles. The van der Waals surface area contributed by atoms with Gasteiger partial charge in [-0.2, -0.15) is 11.8 Å². The summed E-state index contributed by atoms with van der Waals surface area (Å²) >= 11 is 1.79. The summed E-state index contributed by atoms with van der Waals surface area (Å²) in [6.07, 6.45) is 0. The Morgan fingerprint density at radius 1 is 1.36 bits per heavy atom. The largest absolute Gasteiger partial charge is 0.496 e. The van der Waals surface area contributed by atoms with Crippen LogP contribution in [0.3, 0.4) is 0 Å². The van der Waals surface area contributed by atoms with Crippen LogP contribution in [0.4, 0.5) is 0 Å². The van der Waals surface area contributed by atoms with Gasteiger partial charge in [-0.25, -0.2) is 12.7 Å². The number of ether oxygens (including phenoxy) is 1. The van der Waals surface area contributed by atoms with E-state index in [4.69, 9.17) is 4.74 Å². The zero-order valence-corrected chi connectivity index (χ0v) is 20.9. The fourth-order valence-corrected chi connectivity index (χ4v) is 5.41. The summed E-state index contributed by atoms with van der Waals surface area (Å²) in [6, 6.07) is 5.98. The Hall–Kier alpha value is -0.720. The van der Waals surface area contributed by atoms with E-state index in [1.54, 1.807) is 30.2 Å². The molecule has 1 atom stereocenters. The number of thioether (sulfide) groups is 1. The topological polar surface area (TPSA) is 83.0 Å². The van der Waals surface area contributed by atoms with Crippen molar-refractivity contribution < 1.29 is 13.2 Å². The second-order valence-electron chi connectivity index (χ2n) is 6.44. The van der Waals surface area contributed by atoms with E-state index in [1.165, 1.54) is 0 Å². The second kappa shape index (κ2) is 12.1. The molecular formula is C18H31IN4O3S2. The molecule has 1 fully saturated rings. The number of hydrogen-bond donors (Lipinski definition) is 2. The Morgan fingerprint density at radius 3 is 2.64 bits per heavy atom. The highest BCUT2D eigenvalue weighted by atomic mass is 127. The summed E-state index contributed by atoms with van der Waals surface area (Å²) in [5.41, 5.74) is 2.17. The number of aliphatic imine (C=N–C) groups is 1. The molecule has 1 aromatic rings. The van der Waals surface area contributed by atoms with Gasteiger partial charge in [0, 0.05) is 43.8 Å². The van der Waals surface area contributed by atoms with Crippen molar-refractivity contribution in [2.24, 2.45) is 4.99 Å². The maximum Gasteiger partial charge on any atom is 0.215 e. The average Bonchev–Trinajstić information content (AvgIpc) is 2.67. The zero-order valence-electron chi connectivity index (χ0n) is 16.9. The molecule has 1 unspecified atom stereocenters. The third-order valence-electron chi connectivity index (χ3n) is 4.44. The average molecular weight is 543 g/mol. The Kier molecular flexibility index (Phi) is 10.9. The van der Waals surface area contributed by atoms with Crippen LogP contribution in [0.2, 0.25) is 0 Å². The number of guanidine groups is 1.